The number of nitrogens with one attached hydrogen (secondary N) is 1. The van der Waals surface area contributed by atoms with Crippen molar-refractivity contribution >= 4 is 73.2 Å². The Morgan fingerprint density at radius 3 is 2.65 bits per heavy atom. The largest absolute Gasteiger partial charge is 0.311 e. The highest BCUT2D eigenvalue weighted by molar-refractivity contribution is 9.10. The number of thiocarbonyl (C=S) groups is 1. The summed E-state index contributed by atoms with van der Waals surface area (Å²) < 4.78 is 0.987. The van der Waals surface area contributed by atoms with Gasteiger partial charge in [0.2, 0.25) is 5.91 Å². The minimum atomic E-state index is -0.500. The van der Waals surface area contributed by atoms with Gasteiger partial charge in [0.1, 0.15) is 0 Å². The molecule has 0 bridgehead atoms. The van der Waals surface area contributed by atoms with Crippen molar-refractivity contribution in [3.8, 4) is 0 Å². The molecule has 0 aliphatic carbocycles. The number of anilines is 1. The summed E-state index contributed by atoms with van der Waals surface area (Å²) in [5.74, 6) is -1.19. The zero-order valence-electron chi connectivity index (χ0n) is 12.0. The topological polar surface area (TPSA) is 69.7 Å². The predicted molar refractivity (Wildman–Crippen MR) is 95.3 cm³/mol. The molecular weight excluding hydrogens is 402 g/mol. The van der Waals surface area contributed by atoms with E-state index in [-0.39, 0.29) is 15.1 Å². The molecule has 9 heteroatoms. The van der Waals surface area contributed by atoms with E-state index in [4.69, 9.17) is 12.2 Å². The summed E-state index contributed by atoms with van der Waals surface area (Å²) in [7, 11) is 1.65. The van der Waals surface area contributed by atoms with Gasteiger partial charge in [0.15, 0.2) is 4.32 Å². The van der Waals surface area contributed by atoms with Gasteiger partial charge in [0.25, 0.3) is 11.8 Å². The fourth-order valence-corrected chi connectivity index (χ4v) is 4.00. The molecule has 0 saturated carbocycles. The number of amides is 3. The van der Waals surface area contributed by atoms with Crippen molar-refractivity contribution in [1.82, 2.24) is 10.4 Å². The third kappa shape index (κ3) is 2.58. The number of rotatable bonds is 1. The minimum absolute atomic E-state index is 0.187. The van der Waals surface area contributed by atoms with Gasteiger partial charge >= 0.3 is 0 Å². The van der Waals surface area contributed by atoms with Crippen molar-refractivity contribution in [2.45, 2.75) is 6.92 Å². The molecule has 1 fully saturated rings. The number of carbonyl (C=O) groups excluding carboxylic acids is 3. The lowest BCUT2D eigenvalue weighted by molar-refractivity contribution is -0.132. The van der Waals surface area contributed by atoms with Gasteiger partial charge < -0.3 is 4.90 Å². The Kier molecular flexibility index (Phi) is 4.03. The van der Waals surface area contributed by atoms with E-state index in [1.807, 2.05) is 6.07 Å². The lowest BCUT2D eigenvalue weighted by atomic mass is 10.1. The van der Waals surface area contributed by atoms with Crippen LogP contribution in [0.25, 0.3) is 5.57 Å². The molecule has 2 heterocycles. The summed E-state index contributed by atoms with van der Waals surface area (Å²) in [4.78, 5) is 38.0. The molecule has 3 rings (SSSR count). The second-order valence-electron chi connectivity index (χ2n) is 4.91. The molecule has 0 spiro atoms. The van der Waals surface area contributed by atoms with Crippen LogP contribution in [0.15, 0.2) is 27.6 Å². The van der Waals surface area contributed by atoms with Gasteiger partial charge in [0.05, 0.1) is 16.2 Å². The molecule has 1 aromatic carbocycles. The fraction of sp³-hybridized carbons (Fsp3) is 0.143. The normalized spacial score (nSPS) is 20.4. The van der Waals surface area contributed by atoms with Crippen molar-refractivity contribution < 1.29 is 14.4 Å². The average Bonchev–Trinajstić information content (AvgIpc) is 2.87. The number of hydrogen-bond donors (Lipinski definition) is 1. The monoisotopic (exact) mass is 411 g/mol. The zero-order chi connectivity index (χ0) is 16.9. The molecular formula is C14H10BrN3O3S2. The first kappa shape index (κ1) is 16.2. The van der Waals surface area contributed by atoms with Crippen LogP contribution in [0.3, 0.4) is 0 Å². The standard InChI is InChI=1S/C14H10BrN3O3S2/c1-6(19)16-18-13(21)11(23-14(18)22)10-8-5-7(15)3-4-9(8)17(2)12(10)20/h3-5H,1-2H3,(H,16,19). The Morgan fingerprint density at radius 1 is 1.30 bits per heavy atom. The van der Waals surface area contributed by atoms with Crippen LogP contribution < -0.4 is 10.3 Å². The molecule has 0 unspecified atom stereocenters. The van der Waals surface area contributed by atoms with Gasteiger partial charge in [-0.2, -0.15) is 5.01 Å². The van der Waals surface area contributed by atoms with Crippen LogP contribution in [-0.4, -0.2) is 34.1 Å². The summed E-state index contributed by atoms with van der Waals surface area (Å²) in [6.45, 7) is 1.28. The first-order valence-electron chi connectivity index (χ1n) is 6.47. The van der Waals surface area contributed by atoms with Crippen LogP contribution in [0.5, 0.6) is 0 Å². The molecule has 118 valence electrons. The number of thioether (sulfide) groups is 1. The fourth-order valence-electron chi connectivity index (χ4n) is 2.39. The lowest BCUT2D eigenvalue weighted by Crippen LogP contribution is -2.43. The van der Waals surface area contributed by atoms with E-state index >= 15 is 0 Å². The maximum absolute atomic E-state index is 12.6. The van der Waals surface area contributed by atoms with E-state index in [2.05, 4.69) is 21.4 Å². The molecule has 0 aromatic heterocycles. The van der Waals surface area contributed by atoms with Crippen molar-refractivity contribution in [3.05, 3.63) is 33.1 Å². The third-order valence-corrected chi connectivity index (χ3v) is 5.24. The molecule has 1 aromatic rings. The average molecular weight is 412 g/mol. The van der Waals surface area contributed by atoms with Crippen LogP contribution in [0.1, 0.15) is 12.5 Å². The van der Waals surface area contributed by atoms with E-state index < -0.39 is 11.8 Å². The zero-order valence-corrected chi connectivity index (χ0v) is 15.3. The molecule has 0 radical (unpaired) electrons. The van der Waals surface area contributed by atoms with Gasteiger partial charge in [-0.15, -0.1) is 0 Å². The van der Waals surface area contributed by atoms with Gasteiger partial charge in [-0.3, -0.25) is 19.8 Å². The van der Waals surface area contributed by atoms with Gasteiger partial charge in [0, 0.05) is 24.0 Å². The van der Waals surface area contributed by atoms with E-state index in [1.54, 1.807) is 19.2 Å². The van der Waals surface area contributed by atoms with E-state index in [0.717, 1.165) is 26.9 Å². The Balaban J connectivity index is 2.14. The van der Waals surface area contributed by atoms with Crippen molar-refractivity contribution in [1.29, 1.82) is 0 Å². The Bertz CT molecular complexity index is 821. The van der Waals surface area contributed by atoms with Crippen LogP contribution in [0.4, 0.5) is 5.69 Å². The number of hydrogen-bond acceptors (Lipinski definition) is 5. The molecule has 6 nitrogen and oxygen atoms in total. The molecule has 0 atom stereocenters. The van der Waals surface area contributed by atoms with Crippen molar-refractivity contribution in [3.63, 3.8) is 0 Å². The predicted octanol–water partition coefficient (Wildman–Crippen LogP) is 2.05. The number of nitrogens with zero attached hydrogens (tertiary/aromatic N) is 2. The quantitative estimate of drug-likeness (QED) is 0.565. The lowest BCUT2D eigenvalue weighted by Gasteiger charge is -2.13. The summed E-state index contributed by atoms with van der Waals surface area (Å²) in [5, 5.41) is 0.994. The summed E-state index contributed by atoms with van der Waals surface area (Å²) in [5.41, 5.74) is 4.05. The van der Waals surface area contributed by atoms with Crippen LogP contribution >= 0.6 is 39.9 Å². The SMILES string of the molecule is CC(=O)NN1C(=O)C(=C2C(=O)N(C)c3ccc(Br)cc32)SC1=S. The van der Waals surface area contributed by atoms with Gasteiger partial charge in [-0.1, -0.05) is 27.7 Å². The number of hydrazine groups is 1. The molecule has 1 N–H and O–H groups in total. The van der Waals surface area contributed by atoms with E-state index in [1.165, 1.54) is 11.8 Å². The first-order valence-corrected chi connectivity index (χ1v) is 8.48. The summed E-state index contributed by atoms with van der Waals surface area (Å²) in [6.07, 6.45) is 0. The first-order chi connectivity index (χ1) is 10.8. The van der Waals surface area contributed by atoms with Gasteiger partial charge in [-0.05, 0) is 30.4 Å². The Morgan fingerprint density at radius 2 is 2.00 bits per heavy atom. The van der Waals surface area contributed by atoms with Crippen LogP contribution in [0, 0.1) is 0 Å². The molecule has 1 saturated heterocycles. The molecule has 3 amide bonds. The minimum Gasteiger partial charge on any atom is -0.311 e. The second-order valence-corrected chi connectivity index (χ2v) is 7.47. The highest BCUT2D eigenvalue weighted by Gasteiger charge is 2.41. The van der Waals surface area contributed by atoms with Crippen molar-refractivity contribution in [2.75, 3.05) is 11.9 Å². The smallest absolute Gasteiger partial charge is 0.286 e. The molecule has 23 heavy (non-hydrogen) atoms. The maximum Gasteiger partial charge on any atom is 0.286 e. The Labute approximate surface area is 150 Å². The second kappa shape index (κ2) is 5.73. The highest BCUT2D eigenvalue weighted by Crippen LogP contribution is 2.44. The van der Waals surface area contributed by atoms with E-state index in [9.17, 15) is 14.4 Å². The number of likely N-dealkylation sites (N-methyl/N-ethyl adjacent to an activating group) is 1. The van der Waals surface area contributed by atoms with Crippen LogP contribution in [-0.2, 0) is 14.4 Å². The molecule has 2 aliphatic heterocycles. The Hall–Kier alpha value is -1.71. The van der Waals surface area contributed by atoms with Gasteiger partial charge in [-0.25, -0.2) is 0 Å². The van der Waals surface area contributed by atoms with E-state index in [0.29, 0.717) is 11.1 Å². The number of carbonyl (C=O) groups is 3. The third-order valence-electron chi connectivity index (χ3n) is 3.37. The summed E-state index contributed by atoms with van der Waals surface area (Å²) >= 11 is 9.51. The number of benzene rings is 1. The highest BCUT2D eigenvalue weighted by atomic mass is 79.9. The number of halogens is 1. The van der Waals surface area contributed by atoms with Crippen LogP contribution in [0.2, 0.25) is 0 Å². The maximum atomic E-state index is 12.6. The summed E-state index contributed by atoms with van der Waals surface area (Å²) in [6, 6.07) is 5.42. The van der Waals surface area contributed by atoms with Crippen molar-refractivity contribution in [2.24, 2.45) is 0 Å². The molecule has 2 aliphatic rings. The number of fused-ring (bicyclic) bond motifs is 1.